The second-order valence-corrected chi connectivity index (χ2v) is 3.87. The molecule has 2 rings (SSSR count). The van der Waals surface area contributed by atoms with Crippen LogP contribution in [0.15, 0.2) is 0 Å². The first-order chi connectivity index (χ1) is 5.31. The number of hydrogen-bond acceptors (Lipinski definition) is 2. The first kappa shape index (κ1) is 10.4. The van der Waals surface area contributed by atoms with E-state index in [1.165, 1.54) is 12.8 Å². The van der Waals surface area contributed by atoms with E-state index in [0.29, 0.717) is 5.92 Å². The fourth-order valence-electron chi connectivity index (χ4n) is 2.35. The van der Waals surface area contributed by atoms with Crippen molar-refractivity contribution in [2.75, 3.05) is 13.2 Å². The molecule has 2 nitrogen and oxygen atoms in total. The van der Waals surface area contributed by atoms with E-state index in [-0.39, 0.29) is 19.1 Å². The monoisotopic (exact) mass is 190 g/mol. The standard InChI is InChI=1S/C9H16O2.H2S/c10-9(4-1-2-5-9)8-3-6-11-7-8;/h8,10H,1-7H2;1H2/t8-;/m1./s1. The Balaban J connectivity index is 0.000000720. The predicted molar refractivity (Wildman–Crippen MR) is 52.7 cm³/mol. The average Bonchev–Trinajstić information content (AvgIpc) is 2.55. The highest BCUT2D eigenvalue weighted by Crippen LogP contribution is 2.39. The maximum Gasteiger partial charge on any atom is 0.0698 e. The lowest BCUT2D eigenvalue weighted by Gasteiger charge is -2.27. The molecule has 1 N–H and O–H groups in total. The maximum atomic E-state index is 10.1. The summed E-state index contributed by atoms with van der Waals surface area (Å²) in [5, 5.41) is 10.1. The van der Waals surface area contributed by atoms with E-state index in [1.807, 2.05) is 0 Å². The van der Waals surface area contributed by atoms with Gasteiger partial charge in [-0.25, -0.2) is 0 Å². The first-order valence-electron chi connectivity index (χ1n) is 4.61. The van der Waals surface area contributed by atoms with Crippen LogP contribution in [0.3, 0.4) is 0 Å². The van der Waals surface area contributed by atoms with Crippen molar-refractivity contribution in [2.45, 2.75) is 37.7 Å². The molecule has 3 heteroatoms. The Morgan fingerprint density at radius 1 is 1.25 bits per heavy atom. The molecule has 1 heterocycles. The molecule has 0 amide bonds. The molecule has 1 atom stereocenters. The van der Waals surface area contributed by atoms with Crippen LogP contribution in [0.4, 0.5) is 0 Å². The quantitative estimate of drug-likeness (QED) is 0.678. The van der Waals surface area contributed by atoms with E-state index >= 15 is 0 Å². The summed E-state index contributed by atoms with van der Waals surface area (Å²) >= 11 is 0. The van der Waals surface area contributed by atoms with Crippen LogP contribution in [0.1, 0.15) is 32.1 Å². The molecule has 0 aromatic rings. The van der Waals surface area contributed by atoms with Crippen LogP contribution in [-0.4, -0.2) is 23.9 Å². The summed E-state index contributed by atoms with van der Waals surface area (Å²) in [5.74, 6) is 0.435. The first-order valence-corrected chi connectivity index (χ1v) is 4.61. The summed E-state index contributed by atoms with van der Waals surface area (Å²) in [7, 11) is 0. The normalized spacial score (nSPS) is 33.2. The van der Waals surface area contributed by atoms with Crippen molar-refractivity contribution in [3.63, 3.8) is 0 Å². The van der Waals surface area contributed by atoms with Crippen molar-refractivity contribution in [1.82, 2.24) is 0 Å². The minimum Gasteiger partial charge on any atom is -0.390 e. The molecule has 1 saturated heterocycles. The largest absolute Gasteiger partial charge is 0.390 e. The average molecular weight is 190 g/mol. The van der Waals surface area contributed by atoms with Crippen molar-refractivity contribution in [3.05, 3.63) is 0 Å². The van der Waals surface area contributed by atoms with Gasteiger partial charge in [-0.15, -0.1) is 0 Å². The summed E-state index contributed by atoms with van der Waals surface area (Å²) in [6.45, 7) is 1.64. The van der Waals surface area contributed by atoms with Gasteiger partial charge in [-0.1, -0.05) is 12.8 Å². The Morgan fingerprint density at radius 2 is 1.92 bits per heavy atom. The Morgan fingerprint density at radius 3 is 2.42 bits per heavy atom. The van der Waals surface area contributed by atoms with E-state index in [9.17, 15) is 5.11 Å². The van der Waals surface area contributed by atoms with Gasteiger partial charge >= 0.3 is 0 Å². The summed E-state index contributed by atoms with van der Waals surface area (Å²) < 4.78 is 5.27. The Kier molecular flexibility index (Phi) is 3.44. The lowest BCUT2D eigenvalue weighted by atomic mass is 9.85. The zero-order valence-corrected chi connectivity index (χ0v) is 8.38. The van der Waals surface area contributed by atoms with Gasteiger partial charge in [0.2, 0.25) is 0 Å². The smallest absolute Gasteiger partial charge is 0.0698 e. The SMILES string of the molecule is OC1([C@@H]2CCOC2)CCCC1.S. The van der Waals surface area contributed by atoms with E-state index in [4.69, 9.17) is 4.74 Å². The zero-order chi connectivity index (χ0) is 7.73. The van der Waals surface area contributed by atoms with Crippen molar-refractivity contribution in [3.8, 4) is 0 Å². The van der Waals surface area contributed by atoms with E-state index < -0.39 is 0 Å². The van der Waals surface area contributed by atoms with Crippen molar-refractivity contribution >= 4 is 13.5 Å². The van der Waals surface area contributed by atoms with Crippen LogP contribution in [-0.2, 0) is 4.74 Å². The molecular formula is C9H18O2S. The summed E-state index contributed by atoms with van der Waals surface area (Å²) in [6, 6.07) is 0. The molecule has 0 aromatic heterocycles. The maximum absolute atomic E-state index is 10.1. The third-order valence-corrected chi connectivity index (χ3v) is 3.16. The zero-order valence-electron chi connectivity index (χ0n) is 7.38. The molecule has 1 aliphatic heterocycles. The number of hydrogen-bond donors (Lipinski definition) is 1. The lowest BCUT2D eigenvalue weighted by molar-refractivity contribution is -0.0154. The second kappa shape index (κ2) is 3.99. The van der Waals surface area contributed by atoms with Crippen LogP contribution >= 0.6 is 13.5 Å². The van der Waals surface area contributed by atoms with Crippen LogP contribution in [0, 0.1) is 5.92 Å². The van der Waals surface area contributed by atoms with Crippen molar-refractivity contribution in [1.29, 1.82) is 0 Å². The molecule has 1 aliphatic carbocycles. The number of ether oxygens (including phenoxy) is 1. The van der Waals surface area contributed by atoms with E-state index in [2.05, 4.69) is 0 Å². The van der Waals surface area contributed by atoms with Gasteiger partial charge in [0, 0.05) is 12.5 Å². The van der Waals surface area contributed by atoms with E-state index in [0.717, 1.165) is 32.5 Å². The fourth-order valence-corrected chi connectivity index (χ4v) is 2.35. The summed E-state index contributed by atoms with van der Waals surface area (Å²) in [6.07, 6.45) is 5.47. The number of rotatable bonds is 1. The second-order valence-electron chi connectivity index (χ2n) is 3.87. The third kappa shape index (κ3) is 1.78. The molecule has 2 fully saturated rings. The van der Waals surface area contributed by atoms with Gasteiger partial charge in [-0.05, 0) is 19.3 Å². The summed E-state index contributed by atoms with van der Waals surface area (Å²) in [5.41, 5.74) is -0.351. The topological polar surface area (TPSA) is 29.5 Å². The molecule has 0 radical (unpaired) electrons. The Labute approximate surface area is 80.7 Å². The Bertz CT molecular complexity index is 137. The van der Waals surface area contributed by atoms with Crippen molar-refractivity contribution in [2.24, 2.45) is 5.92 Å². The molecule has 2 aliphatic rings. The minimum atomic E-state index is -0.351. The van der Waals surface area contributed by atoms with Crippen LogP contribution in [0.25, 0.3) is 0 Å². The highest BCUT2D eigenvalue weighted by molar-refractivity contribution is 7.59. The third-order valence-electron chi connectivity index (χ3n) is 3.16. The lowest BCUT2D eigenvalue weighted by Crippen LogP contribution is -2.34. The van der Waals surface area contributed by atoms with Crippen LogP contribution in [0.5, 0.6) is 0 Å². The van der Waals surface area contributed by atoms with Gasteiger partial charge in [0.15, 0.2) is 0 Å². The van der Waals surface area contributed by atoms with Gasteiger partial charge in [0.05, 0.1) is 12.2 Å². The molecule has 0 unspecified atom stereocenters. The predicted octanol–water partition coefficient (Wildman–Crippen LogP) is 1.44. The molecule has 1 saturated carbocycles. The molecule has 0 spiro atoms. The highest BCUT2D eigenvalue weighted by Gasteiger charge is 2.40. The summed E-state index contributed by atoms with van der Waals surface area (Å²) in [4.78, 5) is 0. The minimum absolute atomic E-state index is 0. The van der Waals surface area contributed by atoms with Gasteiger partial charge in [0.1, 0.15) is 0 Å². The van der Waals surface area contributed by atoms with Crippen LogP contribution < -0.4 is 0 Å². The van der Waals surface area contributed by atoms with Gasteiger partial charge in [-0.3, -0.25) is 0 Å². The highest BCUT2D eigenvalue weighted by atomic mass is 32.1. The molecule has 0 bridgehead atoms. The molecular weight excluding hydrogens is 172 g/mol. The number of aliphatic hydroxyl groups is 1. The van der Waals surface area contributed by atoms with Crippen molar-refractivity contribution < 1.29 is 9.84 Å². The van der Waals surface area contributed by atoms with Gasteiger partial charge in [0.25, 0.3) is 0 Å². The fraction of sp³-hybridized carbons (Fsp3) is 1.00. The molecule has 12 heavy (non-hydrogen) atoms. The van der Waals surface area contributed by atoms with E-state index in [1.54, 1.807) is 0 Å². The Hall–Kier alpha value is 0.270. The molecule has 72 valence electrons. The molecule has 0 aromatic carbocycles. The van der Waals surface area contributed by atoms with Gasteiger partial charge in [-0.2, -0.15) is 13.5 Å². The van der Waals surface area contributed by atoms with Crippen LogP contribution in [0.2, 0.25) is 0 Å². The van der Waals surface area contributed by atoms with Gasteiger partial charge < -0.3 is 9.84 Å².